The number of hydrazone groups is 1. The summed E-state index contributed by atoms with van der Waals surface area (Å²) in [5.74, 6) is 0.394. The second-order valence-electron chi connectivity index (χ2n) is 6.44. The quantitative estimate of drug-likeness (QED) is 0.353. The molecule has 0 fully saturated rings. The molecule has 7 heteroatoms. The van der Waals surface area contributed by atoms with Crippen LogP contribution in [0.2, 0.25) is 0 Å². The standard InChI is InChI=1S/C22H21N3O4/c1-2-13-29-21-12-9-17-5-3-4-6-19(17)20(21)15-23-24-22(26)14-16-7-10-18(11-8-16)25(27)28/h3-12,15H,2,13-14H2,1H3,(H,24,26)/b23-15-. The summed E-state index contributed by atoms with van der Waals surface area (Å²) in [6.07, 6.45) is 2.54. The summed E-state index contributed by atoms with van der Waals surface area (Å²) in [6, 6.07) is 17.6. The largest absolute Gasteiger partial charge is 0.493 e. The second kappa shape index (κ2) is 9.45. The highest BCUT2D eigenvalue weighted by atomic mass is 16.6. The van der Waals surface area contributed by atoms with E-state index < -0.39 is 4.92 Å². The molecule has 148 valence electrons. The zero-order chi connectivity index (χ0) is 20.6. The third-order valence-corrected chi connectivity index (χ3v) is 4.29. The Balaban J connectivity index is 1.72. The van der Waals surface area contributed by atoms with Crippen molar-refractivity contribution in [1.82, 2.24) is 5.43 Å². The van der Waals surface area contributed by atoms with Gasteiger partial charge in [-0.25, -0.2) is 5.43 Å². The summed E-state index contributed by atoms with van der Waals surface area (Å²) in [7, 11) is 0. The van der Waals surface area contributed by atoms with Crippen molar-refractivity contribution < 1.29 is 14.5 Å². The Morgan fingerprint density at radius 2 is 1.90 bits per heavy atom. The van der Waals surface area contributed by atoms with Crippen LogP contribution in [0.5, 0.6) is 5.75 Å². The highest BCUT2D eigenvalue weighted by Crippen LogP contribution is 2.26. The maximum absolute atomic E-state index is 12.2. The summed E-state index contributed by atoms with van der Waals surface area (Å²) >= 11 is 0. The Labute approximate surface area is 168 Å². The molecule has 3 aromatic carbocycles. The molecule has 0 atom stereocenters. The van der Waals surface area contributed by atoms with Crippen molar-refractivity contribution in [2.75, 3.05) is 6.61 Å². The van der Waals surface area contributed by atoms with Crippen molar-refractivity contribution in [3.8, 4) is 5.75 Å². The lowest BCUT2D eigenvalue weighted by Crippen LogP contribution is -2.19. The van der Waals surface area contributed by atoms with Crippen LogP contribution in [0, 0.1) is 10.1 Å². The fraction of sp³-hybridized carbons (Fsp3) is 0.182. The maximum atomic E-state index is 12.2. The number of nitrogens with one attached hydrogen (secondary N) is 1. The van der Waals surface area contributed by atoms with E-state index in [1.165, 1.54) is 12.1 Å². The monoisotopic (exact) mass is 391 g/mol. The van der Waals surface area contributed by atoms with Crippen LogP contribution in [-0.4, -0.2) is 23.7 Å². The molecule has 1 amide bonds. The zero-order valence-corrected chi connectivity index (χ0v) is 16.0. The van der Waals surface area contributed by atoms with E-state index in [2.05, 4.69) is 10.5 Å². The molecule has 29 heavy (non-hydrogen) atoms. The summed E-state index contributed by atoms with van der Waals surface area (Å²) in [5.41, 5.74) is 3.96. The van der Waals surface area contributed by atoms with Crippen LogP contribution in [-0.2, 0) is 11.2 Å². The molecule has 0 aliphatic rings. The van der Waals surface area contributed by atoms with Gasteiger partial charge in [-0.05, 0) is 28.8 Å². The van der Waals surface area contributed by atoms with Crippen molar-refractivity contribution in [2.45, 2.75) is 19.8 Å². The molecule has 0 radical (unpaired) electrons. The van der Waals surface area contributed by atoms with Gasteiger partial charge in [-0.3, -0.25) is 14.9 Å². The van der Waals surface area contributed by atoms with Crippen LogP contribution in [0.15, 0.2) is 65.8 Å². The molecule has 0 aromatic heterocycles. The van der Waals surface area contributed by atoms with Gasteiger partial charge in [0.1, 0.15) is 5.75 Å². The van der Waals surface area contributed by atoms with Crippen LogP contribution in [0.1, 0.15) is 24.5 Å². The van der Waals surface area contributed by atoms with E-state index >= 15 is 0 Å². The van der Waals surface area contributed by atoms with Crippen molar-refractivity contribution in [3.63, 3.8) is 0 Å². The van der Waals surface area contributed by atoms with Crippen molar-refractivity contribution >= 4 is 28.6 Å². The van der Waals surface area contributed by atoms with E-state index in [1.54, 1.807) is 18.3 Å². The van der Waals surface area contributed by atoms with Gasteiger partial charge in [0.05, 0.1) is 24.2 Å². The average molecular weight is 391 g/mol. The first-order chi connectivity index (χ1) is 14.1. The molecule has 0 saturated heterocycles. The molecule has 0 aliphatic heterocycles. The number of hydrogen-bond donors (Lipinski definition) is 1. The number of non-ortho nitro benzene ring substituents is 1. The molecule has 0 heterocycles. The van der Waals surface area contributed by atoms with E-state index in [0.29, 0.717) is 17.9 Å². The predicted octanol–water partition coefficient (Wildman–Crippen LogP) is 4.23. The number of hydrogen-bond acceptors (Lipinski definition) is 5. The van der Waals surface area contributed by atoms with Gasteiger partial charge >= 0.3 is 0 Å². The van der Waals surface area contributed by atoms with E-state index in [1.807, 2.05) is 43.3 Å². The van der Waals surface area contributed by atoms with E-state index in [-0.39, 0.29) is 18.0 Å². The van der Waals surface area contributed by atoms with Gasteiger partial charge in [-0.2, -0.15) is 5.10 Å². The summed E-state index contributed by atoms with van der Waals surface area (Å²) in [6.45, 7) is 2.62. The van der Waals surface area contributed by atoms with Gasteiger partial charge in [-0.1, -0.05) is 49.4 Å². The van der Waals surface area contributed by atoms with E-state index in [0.717, 1.165) is 22.8 Å². The number of amides is 1. The number of benzene rings is 3. The van der Waals surface area contributed by atoms with Crippen LogP contribution in [0.25, 0.3) is 10.8 Å². The lowest BCUT2D eigenvalue weighted by Gasteiger charge is -2.11. The van der Waals surface area contributed by atoms with Crippen molar-refractivity contribution in [3.05, 3.63) is 81.9 Å². The van der Waals surface area contributed by atoms with E-state index in [4.69, 9.17) is 4.74 Å². The van der Waals surface area contributed by atoms with E-state index in [9.17, 15) is 14.9 Å². The molecule has 7 nitrogen and oxygen atoms in total. The molecule has 3 aromatic rings. The summed E-state index contributed by atoms with van der Waals surface area (Å²) in [4.78, 5) is 22.4. The number of nitrogens with zero attached hydrogens (tertiary/aromatic N) is 2. The number of ether oxygens (including phenoxy) is 1. The van der Waals surface area contributed by atoms with Crippen molar-refractivity contribution in [1.29, 1.82) is 0 Å². The highest BCUT2D eigenvalue weighted by molar-refractivity contribution is 6.02. The second-order valence-corrected chi connectivity index (χ2v) is 6.44. The first-order valence-corrected chi connectivity index (χ1v) is 9.28. The lowest BCUT2D eigenvalue weighted by molar-refractivity contribution is -0.384. The molecule has 3 rings (SSSR count). The maximum Gasteiger partial charge on any atom is 0.269 e. The summed E-state index contributed by atoms with van der Waals surface area (Å²) < 4.78 is 5.82. The Morgan fingerprint density at radius 1 is 1.14 bits per heavy atom. The van der Waals surface area contributed by atoms with Crippen molar-refractivity contribution in [2.24, 2.45) is 5.10 Å². The Bertz CT molecular complexity index is 1050. The number of carbonyl (C=O) groups excluding carboxylic acids is 1. The van der Waals surface area contributed by atoms with Gasteiger partial charge < -0.3 is 4.74 Å². The number of fused-ring (bicyclic) bond motifs is 1. The van der Waals surface area contributed by atoms with Gasteiger partial charge in [-0.15, -0.1) is 0 Å². The molecule has 0 spiro atoms. The third kappa shape index (κ3) is 5.16. The smallest absolute Gasteiger partial charge is 0.269 e. The fourth-order valence-corrected chi connectivity index (χ4v) is 2.88. The van der Waals surface area contributed by atoms with Crippen LogP contribution >= 0.6 is 0 Å². The molecule has 1 N–H and O–H groups in total. The first kappa shape index (κ1) is 20.0. The number of nitro benzene ring substituents is 1. The van der Waals surface area contributed by atoms with Gasteiger partial charge in [0.15, 0.2) is 0 Å². The third-order valence-electron chi connectivity index (χ3n) is 4.29. The Hall–Kier alpha value is -3.74. The number of nitro groups is 1. The zero-order valence-electron chi connectivity index (χ0n) is 16.0. The minimum Gasteiger partial charge on any atom is -0.493 e. The Kier molecular flexibility index (Phi) is 6.52. The minimum absolute atomic E-state index is 0.0113. The molecule has 0 aliphatic carbocycles. The van der Waals surface area contributed by atoms with Gasteiger partial charge in [0.2, 0.25) is 5.91 Å². The van der Waals surface area contributed by atoms with Crippen LogP contribution < -0.4 is 10.2 Å². The normalized spacial score (nSPS) is 10.9. The lowest BCUT2D eigenvalue weighted by atomic mass is 10.0. The molecule has 0 bridgehead atoms. The number of carbonyl (C=O) groups is 1. The molecular formula is C22H21N3O4. The summed E-state index contributed by atoms with van der Waals surface area (Å²) in [5, 5.41) is 16.8. The highest BCUT2D eigenvalue weighted by Gasteiger charge is 2.09. The van der Waals surface area contributed by atoms with Gasteiger partial charge in [0.25, 0.3) is 5.69 Å². The van der Waals surface area contributed by atoms with Crippen LogP contribution in [0.3, 0.4) is 0 Å². The molecular weight excluding hydrogens is 370 g/mol. The van der Waals surface area contributed by atoms with Gasteiger partial charge in [0, 0.05) is 17.7 Å². The minimum atomic E-state index is -0.476. The first-order valence-electron chi connectivity index (χ1n) is 9.28. The topological polar surface area (TPSA) is 93.8 Å². The Morgan fingerprint density at radius 3 is 2.62 bits per heavy atom. The average Bonchev–Trinajstić information content (AvgIpc) is 2.73. The molecule has 0 saturated carbocycles. The molecule has 0 unspecified atom stereocenters. The fourth-order valence-electron chi connectivity index (χ4n) is 2.88. The van der Waals surface area contributed by atoms with Crippen LogP contribution in [0.4, 0.5) is 5.69 Å². The SMILES string of the molecule is CCCOc1ccc2ccccc2c1/C=N\NC(=O)Cc1ccc([N+](=O)[O-])cc1. The number of rotatable bonds is 8. The predicted molar refractivity (Wildman–Crippen MR) is 112 cm³/mol.